The monoisotopic (exact) mass is 580 g/mol. The Morgan fingerprint density at radius 2 is 1.70 bits per heavy atom. The molecule has 1 aromatic carbocycles. The molecule has 12 nitrogen and oxygen atoms in total. The van der Waals surface area contributed by atoms with Crippen molar-refractivity contribution in [3.05, 3.63) is 48.2 Å². The number of ether oxygens (including phenoxy) is 1. The normalized spacial score (nSPS) is 14.5. The van der Waals surface area contributed by atoms with E-state index in [1.807, 2.05) is 4.90 Å². The van der Waals surface area contributed by atoms with Gasteiger partial charge in [-0.3, -0.25) is 4.79 Å². The summed E-state index contributed by atoms with van der Waals surface area (Å²) >= 11 is 0. The number of carbonyl (C=O) groups excluding carboxylic acids is 1. The third-order valence-corrected chi connectivity index (χ3v) is 7.17. The van der Waals surface area contributed by atoms with Crippen LogP contribution in [0.5, 0.6) is 5.88 Å². The number of anilines is 6. The zero-order valence-corrected chi connectivity index (χ0v) is 22.6. The Kier molecular flexibility index (Phi) is 8.29. The first kappa shape index (κ1) is 28.8. The van der Waals surface area contributed by atoms with Gasteiger partial charge in [0.05, 0.1) is 24.7 Å². The molecule has 3 N–H and O–H groups in total. The maximum Gasteiger partial charge on any atom is 0.421 e. The lowest BCUT2D eigenvalue weighted by molar-refractivity contribution is -0.137. The molecule has 0 saturated carbocycles. The van der Waals surface area contributed by atoms with Gasteiger partial charge < -0.3 is 25.6 Å². The van der Waals surface area contributed by atoms with Crippen molar-refractivity contribution in [3.8, 4) is 5.88 Å². The van der Waals surface area contributed by atoms with Crippen LogP contribution in [0.1, 0.15) is 12.5 Å². The molecule has 4 rings (SSSR count). The molecule has 0 bridgehead atoms. The SMILES string of the molecule is COc1cc(Nc2ncc(C(F)(F)F)c(Nc3ccccc3NC(C)=O)n2)cc(N2CCN(S(C)(=O)=O)CC2)n1. The van der Waals surface area contributed by atoms with E-state index in [2.05, 4.69) is 30.9 Å². The minimum absolute atomic E-state index is 0.145. The van der Waals surface area contributed by atoms with Crippen molar-refractivity contribution in [2.24, 2.45) is 0 Å². The van der Waals surface area contributed by atoms with Crippen LogP contribution in [-0.2, 0) is 21.0 Å². The Morgan fingerprint density at radius 3 is 2.30 bits per heavy atom. The molecule has 1 fully saturated rings. The summed E-state index contributed by atoms with van der Waals surface area (Å²) in [5.41, 5.74) is -0.242. The van der Waals surface area contributed by atoms with Crippen LogP contribution in [0.25, 0.3) is 0 Å². The van der Waals surface area contributed by atoms with Crippen molar-refractivity contribution in [3.63, 3.8) is 0 Å². The Hall–Kier alpha value is -4.18. The molecule has 2 aromatic heterocycles. The summed E-state index contributed by atoms with van der Waals surface area (Å²) in [6.45, 7) is 2.60. The molecule has 16 heteroatoms. The first-order valence-electron chi connectivity index (χ1n) is 11.9. The number of nitrogens with zero attached hydrogens (tertiary/aromatic N) is 5. The number of piperazine rings is 1. The number of para-hydroxylation sites is 2. The number of hydrogen-bond acceptors (Lipinski definition) is 10. The topological polar surface area (TPSA) is 142 Å². The van der Waals surface area contributed by atoms with Gasteiger partial charge in [-0.2, -0.15) is 27.4 Å². The molecule has 1 saturated heterocycles. The summed E-state index contributed by atoms with van der Waals surface area (Å²) in [5.74, 6) is -0.366. The fourth-order valence-corrected chi connectivity index (χ4v) is 4.80. The maximum absolute atomic E-state index is 13.8. The fourth-order valence-electron chi connectivity index (χ4n) is 3.97. The lowest BCUT2D eigenvalue weighted by Gasteiger charge is -2.34. The molecule has 0 atom stereocenters. The van der Waals surface area contributed by atoms with E-state index >= 15 is 0 Å². The van der Waals surface area contributed by atoms with Gasteiger partial charge in [0, 0.05) is 57.1 Å². The number of nitrogens with one attached hydrogen (secondary N) is 3. The number of rotatable bonds is 8. The molecule has 0 spiro atoms. The molecular formula is C24H27F3N8O4S. The fraction of sp³-hybridized carbons (Fsp3) is 0.333. The van der Waals surface area contributed by atoms with Crippen LogP contribution in [0.4, 0.5) is 47.8 Å². The highest BCUT2D eigenvalue weighted by Crippen LogP contribution is 2.37. The standard InChI is InChI=1S/C24H27F3N8O4S/c1-15(36)29-18-6-4-5-7-19(18)31-22-17(24(25,26)27)14-28-23(33-22)30-16-12-20(32-21(13-16)39-2)34-8-10-35(11-9-34)40(3,37)38/h4-7,12-14H,8-11H2,1-3H3,(H,29,36)(H2,28,30,31,32,33). The average Bonchev–Trinajstić information content (AvgIpc) is 2.88. The van der Waals surface area contributed by atoms with Crippen molar-refractivity contribution in [2.75, 3.05) is 60.4 Å². The van der Waals surface area contributed by atoms with E-state index in [0.29, 0.717) is 30.8 Å². The van der Waals surface area contributed by atoms with Crippen LogP contribution >= 0.6 is 0 Å². The average molecular weight is 581 g/mol. The Morgan fingerprint density at radius 1 is 1.02 bits per heavy atom. The summed E-state index contributed by atoms with van der Waals surface area (Å²) < 4.78 is 71.7. The number of methoxy groups -OCH3 is 1. The predicted octanol–water partition coefficient (Wildman–Crippen LogP) is 3.43. The van der Waals surface area contributed by atoms with Gasteiger partial charge in [-0.1, -0.05) is 12.1 Å². The number of carbonyl (C=O) groups is 1. The van der Waals surface area contributed by atoms with E-state index < -0.39 is 33.5 Å². The van der Waals surface area contributed by atoms with Gasteiger partial charge in [-0.25, -0.2) is 13.4 Å². The van der Waals surface area contributed by atoms with Crippen molar-refractivity contribution >= 4 is 50.6 Å². The van der Waals surface area contributed by atoms with Crippen LogP contribution in [-0.4, -0.2) is 73.1 Å². The largest absolute Gasteiger partial charge is 0.481 e. The minimum Gasteiger partial charge on any atom is -0.481 e. The van der Waals surface area contributed by atoms with E-state index in [1.165, 1.54) is 36.5 Å². The molecule has 1 amide bonds. The molecule has 40 heavy (non-hydrogen) atoms. The number of aromatic nitrogens is 3. The summed E-state index contributed by atoms with van der Waals surface area (Å²) in [6.07, 6.45) is -2.95. The van der Waals surface area contributed by atoms with Gasteiger partial charge in [-0.05, 0) is 12.1 Å². The van der Waals surface area contributed by atoms with Crippen LogP contribution in [0.3, 0.4) is 0 Å². The van der Waals surface area contributed by atoms with Crippen LogP contribution in [0.15, 0.2) is 42.6 Å². The third-order valence-electron chi connectivity index (χ3n) is 5.87. The van der Waals surface area contributed by atoms with Crippen LogP contribution < -0.4 is 25.6 Å². The second-order valence-corrected chi connectivity index (χ2v) is 10.8. The van der Waals surface area contributed by atoms with Crippen LogP contribution in [0, 0.1) is 0 Å². The van der Waals surface area contributed by atoms with E-state index in [-0.39, 0.29) is 36.3 Å². The van der Waals surface area contributed by atoms with E-state index in [4.69, 9.17) is 4.74 Å². The minimum atomic E-state index is -4.76. The molecule has 1 aliphatic heterocycles. The lowest BCUT2D eigenvalue weighted by Crippen LogP contribution is -2.48. The number of hydrogen-bond donors (Lipinski definition) is 3. The van der Waals surface area contributed by atoms with Gasteiger partial charge in [-0.15, -0.1) is 0 Å². The second kappa shape index (κ2) is 11.5. The molecule has 0 radical (unpaired) electrons. The van der Waals surface area contributed by atoms with E-state index in [9.17, 15) is 26.4 Å². The lowest BCUT2D eigenvalue weighted by atomic mass is 10.2. The van der Waals surface area contributed by atoms with Gasteiger partial charge in [0.2, 0.25) is 27.8 Å². The number of benzene rings is 1. The number of halogens is 3. The second-order valence-electron chi connectivity index (χ2n) is 8.84. The summed E-state index contributed by atoms with van der Waals surface area (Å²) in [4.78, 5) is 25.8. The molecule has 3 aromatic rings. The third kappa shape index (κ3) is 7.06. The molecule has 1 aliphatic rings. The smallest absolute Gasteiger partial charge is 0.421 e. The van der Waals surface area contributed by atoms with Crippen molar-refractivity contribution in [2.45, 2.75) is 13.1 Å². The van der Waals surface area contributed by atoms with E-state index in [1.54, 1.807) is 18.2 Å². The van der Waals surface area contributed by atoms with Gasteiger partial charge in [0.15, 0.2) is 0 Å². The predicted molar refractivity (Wildman–Crippen MR) is 144 cm³/mol. The Balaban J connectivity index is 1.63. The number of amides is 1. The Bertz CT molecular complexity index is 1500. The van der Waals surface area contributed by atoms with Crippen molar-refractivity contribution in [1.82, 2.24) is 19.3 Å². The van der Waals surface area contributed by atoms with Gasteiger partial charge in [0.1, 0.15) is 17.2 Å². The highest BCUT2D eigenvalue weighted by atomic mass is 32.2. The molecule has 3 heterocycles. The highest BCUT2D eigenvalue weighted by Gasteiger charge is 2.35. The summed E-state index contributed by atoms with van der Waals surface area (Å²) in [7, 11) is -1.90. The molecule has 0 aliphatic carbocycles. The maximum atomic E-state index is 13.8. The highest BCUT2D eigenvalue weighted by molar-refractivity contribution is 7.88. The first-order chi connectivity index (χ1) is 18.8. The van der Waals surface area contributed by atoms with Crippen LogP contribution in [0.2, 0.25) is 0 Å². The van der Waals surface area contributed by atoms with Crippen molar-refractivity contribution < 1.29 is 31.1 Å². The molecule has 0 unspecified atom stereocenters. The summed E-state index contributed by atoms with van der Waals surface area (Å²) in [6, 6.07) is 9.43. The molecular weight excluding hydrogens is 553 g/mol. The number of alkyl halides is 3. The zero-order valence-electron chi connectivity index (χ0n) is 21.8. The van der Waals surface area contributed by atoms with E-state index in [0.717, 1.165) is 6.26 Å². The van der Waals surface area contributed by atoms with Gasteiger partial charge >= 0.3 is 6.18 Å². The number of sulfonamides is 1. The first-order valence-corrected chi connectivity index (χ1v) is 13.8. The zero-order chi connectivity index (χ0) is 29.1. The number of pyridine rings is 1. The molecule has 214 valence electrons. The van der Waals surface area contributed by atoms with Gasteiger partial charge in [0.25, 0.3) is 0 Å². The quantitative estimate of drug-likeness (QED) is 0.363. The summed E-state index contributed by atoms with van der Waals surface area (Å²) in [5, 5.41) is 8.11. The Labute approximate surface area is 228 Å². The van der Waals surface area contributed by atoms with Crippen molar-refractivity contribution in [1.29, 1.82) is 0 Å².